The van der Waals surface area contributed by atoms with Crippen LogP contribution in [0.2, 0.25) is 0 Å². The van der Waals surface area contributed by atoms with Crippen LogP contribution in [0.1, 0.15) is 29.5 Å². The van der Waals surface area contributed by atoms with Gasteiger partial charge in [0.2, 0.25) is 0 Å². The Kier molecular flexibility index (Phi) is 4.63. The Hall–Kier alpha value is -2.42. The Morgan fingerprint density at radius 1 is 1.44 bits per heavy atom. The van der Waals surface area contributed by atoms with E-state index in [1.807, 2.05) is 18.1 Å². The summed E-state index contributed by atoms with van der Waals surface area (Å²) >= 11 is 3.57. The first-order valence-corrected chi connectivity index (χ1v) is 9.67. The molecule has 1 saturated heterocycles. The van der Waals surface area contributed by atoms with Crippen molar-refractivity contribution in [3.63, 3.8) is 0 Å². The van der Waals surface area contributed by atoms with Crippen molar-refractivity contribution in [3.8, 4) is 0 Å². The molecule has 1 aliphatic rings. The molecule has 27 heavy (non-hydrogen) atoms. The van der Waals surface area contributed by atoms with Crippen LogP contribution in [-0.4, -0.2) is 57.1 Å². The zero-order chi connectivity index (χ0) is 19.1. The summed E-state index contributed by atoms with van der Waals surface area (Å²) in [5.41, 5.74) is 1.32. The highest BCUT2D eigenvalue weighted by Gasteiger charge is 2.34. The van der Waals surface area contributed by atoms with E-state index in [4.69, 9.17) is 4.52 Å². The maximum atomic E-state index is 12.9. The van der Waals surface area contributed by atoms with Gasteiger partial charge in [-0.25, -0.2) is 9.97 Å². The first kappa shape index (κ1) is 18.0. The Bertz CT molecular complexity index is 983. The minimum absolute atomic E-state index is 0.0327. The lowest BCUT2D eigenvalue weighted by atomic mass is 9.92. The van der Waals surface area contributed by atoms with E-state index < -0.39 is 0 Å². The molecule has 4 rings (SSSR count). The standard InChI is InChI=1S/C18H21BrN6O2/c1-10-4-5-25(18(26)12-6-23-27-11(12)2)8-14(10)24(3)17-15-13(19)7-20-16(15)21-9-22-17/h6-7,9-10,14H,4-5,8H2,1-3H3,(H,20,21,22)/t10-,14+/m1/s1. The molecule has 0 bridgehead atoms. The molecule has 8 nitrogen and oxygen atoms in total. The summed E-state index contributed by atoms with van der Waals surface area (Å²) < 4.78 is 5.99. The molecular weight excluding hydrogens is 412 g/mol. The molecule has 3 aromatic rings. The Labute approximate surface area is 165 Å². The third kappa shape index (κ3) is 3.09. The second kappa shape index (κ2) is 6.95. The van der Waals surface area contributed by atoms with Gasteiger partial charge in [0.15, 0.2) is 0 Å². The molecule has 0 unspecified atom stereocenters. The van der Waals surface area contributed by atoms with Crippen LogP contribution in [-0.2, 0) is 0 Å². The predicted molar refractivity (Wildman–Crippen MR) is 105 cm³/mol. The number of likely N-dealkylation sites (N-methyl/N-ethyl adjacent to an activating group) is 1. The number of anilines is 1. The van der Waals surface area contributed by atoms with Crippen molar-refractivity contribution in [1.82, 2.24) is 25.0 Å². The fraction of sp³-hybridized carbons (Fsp3) is 0.444. The lowest BCUT2D eigenvalue weighted by Gasteiger charge is -2.42. The van der Waals surface area contributed by atoms with Gasteiger partial charge in [0.05, 0.1) is 17.6 Å². The summed E-state index contributed by atoms with van der Waals surface area (Å²) in [4.78, 5) is 28.9. The number of aromatic amines is 1. The van der Waals surface area contributed by atoms with Gasteiger partial charge in [0.1, 0.15) is 29.1 Å². The van der Waals surface area contributed by atoms with Crippen LogP contribution < -0.4 is 4.90 Å². The molecule has 1 aliphatic heterocycles. The van der Waals surface area contributed by atoms with Crippen LogP contribution in [0.4, 0.5) is 5.82 Å². The van der Waals surface area contributed by atoms with Crippen LogP contribution in [0.25, 0.3) is 11.0 Å². The molecule has 142 valence electrons. The van der Waals surface area contributed by atoms with Crippen LogP contribution in [0.3, 0.4) is 0 Å². The van der Waals surface area contributed by atoms with Gasteiger partial charge in [-0.3, -0.25) is 4.79 Å². The summed E-state index contributed by atoms with van der Waals surface area (Å²) in [6.07, 6.45) is 5.85. The molecule has 4 heterocycles. The number of carbonyl (C=O) groups is 1. The Balaban J connectivity index is 1.62. The van der Waals surface area contributed by atoms with E-state index >= 15 is 0 Å². The number of piperidine rings is 1. The first-order chi connectivity index (χ1) is 13.0. The fourth-order valence-electron chi connectivity index (χ4n) is 3.75. The minimum Gasteiger partial charge on any atom is -0.361 e. The Morgan fingerprint density at radius 3 is 3.00 bits per heavy atom. The van der Waals surface area contributed by atoms with Gasteiger partial charge < -0.3 is 19.3 Å². The van der Waals surface area contributed by atoms with Gasteiger partial charge in [0, 0.05) is 30.8 Å². The number of carbonyl (C=O) groups excluding carboxylic acids is 1. The molecule has 2 atom stereocenters. The number of nitrogens with one attached hydrogen (secondary N) is 1. The number of hydrogen-bond acceptors (Lipinski definition) is 6. The molecule has 0 aliphatic carbocycles. The number of H-pyrrole nitrogens is 1. The van der Waals surface area contributed by atoms with E-state index in [1.54, 1.807) is 13.3 Å². The SMILES string of the molecule is Cc1oncc1C(=O)N1CC[C@@H](C)[C@@H](N(C)c2ncnc3[nH]cc(Br)c23)C1. The number of hydrogen-bond donors (Lipinski definition) is 1. The highest BCUT2D eigenvalue weighted by atomic mass is 79.9. The maximum absolute atomic E-state index is 12.9. The van der Waals surface area contributed by atoms with E-state index in [-0.39, 0.29) is 11.9 Å². The van der Waals surface area contributed by atoms with Gasteiger partial charge in [-0.2, -0.15) is 0 Å². The second-order valence-electron chi connectivity index (χ2n) is 7.05. The van der Waals surface area contributed by atoms with Crippen molar-refractivity contribution in [2.75, 3.05) is 25.0 Å². The van der Waals surface area contributed by atoms with Gasteiger partial charge in [-0.15, -0.1) is 0 Å². The topological polar surface area (TPSA) is 91.2 Å². The lowest BCUT2D eigenvalue weighted by molar-refractivity contribution is 0.0668. The number of nitrogens with zero attached hydrogens (tertiary/aromatic N) is 5. The van der Waals surface area contributed by atoms with Crippen molar-refractivity contribution in [3.05, 3.63) is 34.5 Å². The highest BCUT2D eigenvalue weighted by molar-refractivity contribution is 9.10. The number of aromatic nitrogens is 4. The van der Waals surface area contributed by atoms with Gasteiger partial charge in [0.25, 0.3) is 5.91 Å². The fourth-order valence-corrected chi connectivity index (χ4v) is 4.23. The molecule has 1 fully saturated rings. The molecule has 0 aromatic carbocycles. The van der Waals surface area contributed by atoms with E-state index in [0.717, 1.165) is 34.3 Å². The second-order valence-corrected chi connectivity index (χ2v) is 7.90. The molecule has 0 radical (unpaired) electrons. The Morgan fingerprint density at radius 2 is 2.26 bits per heavy atom. The zero-order valence-corrected chi connectivity index (χ0v) is 17.0. The van der Waals surface area contributed by atoms with E-state index in [0.29, 0.717) is 23.8 Å². The summed E-state index contributed by atoms with van der Waals surface area (Å²) in [5.74, 6) is 1.79. The predicted octanol–water partition coefficient (Wildman–Crippen LogP) is 3.00. The molecule has 1 N–H and O–H groups in total. The van der Waals surface area contributed by atoms with E-state index in [2.05, 4.69) is 47.9 Å². The number of amides is 1. The summed E-state index contributed by atoms with van der Waals surface area (Å²) in [6.45, 7) is 5.33. The number of aryl methyl sites for hydroxylation is 1. The lowest BCUT2D eigenvalue weighted by Crippen LogP contribution is -2.53. The van der Waals surface area contributed by atoms with Gasteiger partial charge in [-0.05, 0) is 35.2 Å². The molecule has 0 saturated carbocycles. The van der Waals surface area contributed by atoms with Gasteiger partial charge >= 0.3 is 0 Å². The van der Waals surface area contributed by atoms with Crippen molar-refractivity contribution >= 4 is 38.7 Å². The average molecular weight is 433 g/mol. The minimum atomic E-state index is -0.0327. The van der Waals surface area contributed by atoms with Gasteiger partial charge in [-0.1, -0.05) is 12.1 Å². The number of halogens is 1. The number of fused-ring (bicyclic) bond motifs is 1. The van der Waals surface area contributed by atoms with Crippen molar-refractivity contribution in [2.45, 2.75) is 26.3 Å². The van der Waals surface area contributed by atoms with Crippen LogP contribution in [0, 0.1) is 12.8 Å². The zero-order valence-electron chi connectivity index (χ0n) is 15.4. The summed E-state index contributed by atoms with van der Waals surface area (Å²) in [5, 5.41) is 4.68. The molecule has 9 heteroatoms. The average Bonchev–Trinajstić information content (AvgIpc) is 3.27. The van der Waals surface area contributed by atoms with E-state index in [1.165, 1.54) is 6.20 Å². The first-order valence-electron chi connectivity index (χ1n) is 8.88. The van der Waals surface area contributed by atoms with Crippen molar-refractivity contribution < 1.29 is 9.32 Å². The van der Waals surface area contributed by atoms with Crippen molar-refractivity contribution in [2.24, 2.45) is 5.92 Å². The largest absolute Gasteiger partial charge is 0.361 e. The smallest absolute Gasteiger partial charge is 0.259 e. The molecule has 3 aromatic heterocycles. The van der Waals surface area contributed by atoms with E-state index in [9.17, 15) is 4.79 Å². The number of rotatable bonds is 3. The molecule has 0 spiro atoms. The van der Waals surface area contributed by atoms with Crippen molar-refractivity contribution in [1.29, 1.82) is 0 Å². The van der Waals surface area contributed by atoms with Crippen LogP contribution in [0.15, 0.2) is 27.7 Å². The highest BCUT2D eigenvalue weighted by Crippen LogP contribution is 2.33. The number of likely N-dealkylation sites (tertiary alicyclic amines) is 1. The van der Waals surface area contributed by atoms with Crippen LogP contribution in [0.5, 0.6) is 0 Å². The third-order valence-corrected chi connectivity index (χ3v) is 6.05. The monoisotopic (exact) mass is 432 g/mol. The normalized spacial score (nSPS) is 20.2. The maximum Gasteiger partial charge on any atom is 0.259 e. The summed E-state index contributed by atoms with van der Waals surface area (Å²) in [7, 11) is 2.03. The van der Waals surface area contributed by atoms with Crippen LogP contribution >= 0.6 is 15.9 Å². The third-order valence-electron chi connectivity index (χ3n) is 5.42. The quantitative estimate of drug-likeness (QED) is 0.683. The summed E-state index contributed by atoms with van der Waals surface area (Å²) in [6, 6.07) is 0.141. The molecule has 1 amide bonds. The molecular formula is C18H21BrN6O2.